The van der Waals surface area contributed by atoms with E-state index in [1.165, 1.54) is 18.2 Å². The van der Waals surface area contributed by atoms with E-state index in [0.717, 1.165) is 31.4 Å². The normalized spacial score (nSPS) is 12.9. The number of nitrogens with two attached hydrogens (primary N) is 1. The number of halogens is 3. The highest BCUT2D eigenvalue weighted by Crippen LogP contribution is 2.27. The maximum Gasteiger partial charge on any atom is 0.573 e. The third-order valence-electron chi connectivity index (χ3n) is 5.17. The van der Waals surface area contributed by atoms with Crippen LogP contribution < -0.4 is 10.5 Å². The topological polar surface area (TPSA) is 77.0 Å². The quantitative estimate of drug-likeness (QED) is 0.127. The average molecular weight is 490 g/mol. The molecule has 0 fully saturated rings. The highest BCUT2D eigenvalue weighted by molar-refractivity contribution is 6.07. The number of rotatable bonds is 10. The lowest BCUT2D eigenvalue weighted by Crippen LogP contribution is -2.18. The van der Waals surface area contributed by atoms with Crippen molar-refractivity contribution in [3.8, 4) is 18.1 Å². The molecule has 0 amide bonds. The van der Waals surface area contributed by atoms with Crippen LogP contribution in [-0.2, 0) is 4.79 Å². The van der Waals surface area contributed by atoms with Crippen LogP contribution in [0.1, 0.15) is 47.0 Å². The van der Waals surface area contributed by atoms with Gasteiger partial charge in [-0.05, 0) is 62.2 Å². The fourth-order valence-corrected chi connectivity index (χ4v) is 2.86. The lowest BCUT2D eigenvalue weighted by atomic mass is 9.92. The fourth-order valence-electron chi connectivity index (χ4n) is 2.86. The zero-order valence-electron chi connectivity index (χ0n) is 20.8. The molecule has 1 unspecified atom stereocenters. The van der Waals surface area contributed by atoms with Gasteiger partial charge >= 0.3 is 6.36 Å². The number of alkyl halides is 3. The number of ether oxygens (including phenoxy) is 1. The average Bonchev–Trinajstić information content (AvgIpc) is 2.83. The molecule has 35 heavy (non-hydrogen) atoms. The number of carbonyl (C=O) groups excluding carboxylic acids is 1. The van der Waals surface area contributed by atoms with Crippen LogP contribution >= 0.6 is 0 Å². The molecule has 2 N–H and O–H groups in total. The summed E-state index contributed by atoms with van der Waals surface area (Å²) in [6.45, 7) is 18.6. The van der Waals surface area contributed by atoms with Crippen LogP contribution in [0.4, 0.5) is 18.9 Å². The first-order chi connectivity index (χ1) is 16.4. The maximum atomic E-state index is 12.3. The van der Waals surface area contributed by atoms with E-state index < -0.39 is 6.36 Å². The lowest BCUT2D eigenvalue weighted by molar-refractivity contribution is -0.274. The molecule has 0 bridgehead atoms. The van der Waals surface area contributed by atoms with Crippen molar-refractivity contribution < 1.29 is 22.7 Å². The minimum absolute atomic E-state index is 0.0552. The third-order valence-corrected chi connectivity index (χ3v) is 5.17. The molecule has 1 aromatic carbocycles. The molecule has 0 heterocycles. The molecule has 8 heteroatoms. The van der Waals surface area contributed by atoms with Crippen LogP contribution in [0, 0.1) is 24.2 Å². The van der Waals surface area contributed by atoms with Gasteiger partial charge in [-0.1, -0.05) is 46.8 Å². The van der Waals surface area contributed by atoms with E-state index in [9.17, 15) is 18.0 Å². The maximum absolute atomic E-state index is 12.3. The number of terminal acetylenes is 1. The Labute approximate surface area is 206 Å². The molecule has 0 aromatic heterocycles. The first-order valence-electron chi connectivity index (χ1n) is 11.1. The first-order valence-corrected chi connectivity index (χ1v) is 11.1. The summed E-state index contributed by atoms with van der Waals surface area (Å²) in [7, 11) is 0. The van der Waals surface area contributed by atoms with E-state index in [0.29, 0.717) is 22.5 Å². The molecule has 190 valence electrons. The van der Waals surface area contributed by atoms with Gasteiger partial charge in [0.1, 0.15) is 5.75 Å². The Bertz CT molecular complexity index is 980. The van der Waals surface area contributed by atoms with Gasteiger partial charge in [-0.2, -0.15) is 0 Å². The van der Waals surface area contributed by atoms with Crippen molar-refractivity contribution in [1.29, 1.82) is 0 Å². The number of carbonyl (C=O) groups is 1. The Morgan fingerprint density at radius 2 is 1.74 bits per heavy atom. The highest BCUT2D eigenvalue weighted by atomic mass is 19.4. The van der Waals surface area contributed by atoms with Crippen LogP contribution in [0.25, 0.3) is 0 Å². The Morgan fingerprint density at radius 3 is 2.09 bits per heavy atom. The standard InChI is InChI=1S/C20H22F3N3O.C7H12O/c1-6-13(4)17(18(24)14(7-2)8-3)19(25-5)26-15-9-11-16(12-10-15)27-20(21,22)23;1-4-6(3)7(8)5-2/h1,9-12,14H,4-5,7-8,24H2,2-3H3;5-6H,2,4H2,1,3H3/b18-17-,26-19?;. The predicted molar refractivity (Wildman–Crippen MR) is 138 cm³/mol. The summed E-state index contributed by atoms with van der Waals surface area (Å²) in [4.78, 5) is 18.8. The van der Waals surface area contributed by atoms with Gasteiger partial charge in [0, 0.05) is 17.2 Å². The molecular formula is C27H34F3N3O2. The number of hydrogen-bond acceptors (Lipinski definition) is 4. The van der Waals surface area contributed by atoms with E-state index in [4.69, 9.17) is 12.2 Å². The number of nitrogens with zero attached hydrogens (tertiary/aromatic N) is 2. The van der Waals surface area contributed by atoms with Crippen molar-refractivity contribution in [2.45, 2.75) is 53.3 Å². The highest BCUT2D eigenvalue weighted by Gasteiger charge is 2.31. The second-order valence-corrected chi connectivity index (χ2v) is 7.52. The van der Waals surface area contributed by atoms with Crippen LogP contribution in [0.5, 0.6) is 5.75 Å². The molecule has 0 aliphatic heterocycles. The summed E-state index contributed by atoms with van der Waals surface area (Å²) in [5.41, 5.74) is 7.86. The predicted octanol–water partition coefficient (Wildman–Crippen LogP) is 6.94. The molecule has 5 nitrogen and oxygen atoms in total. The molecule has 0 saturated heterocycles. The van der Waals surface area contributed by atoms with Crippen LogP contribution in [0.2, 0.25) is 0 Å². The van der Waals surface area contributed by atoms with Crippen molar-refractivity contribution >= 4 is 24.0 Å². The van der Waals surface area contributed by atoms with Crippen molar-refractivity contribution in [2.75, 3.05) is 0 Å². The van der Waals surface area contributed by atoms with Gasteiger partial charge in [-0.25, -0.2) is 9.98 Å². The summed E-state index contributed by atoms with van der Waals surface area (Å²) in [5.74, 6) is 2.61. The molecule has 0 aliphatic carbocycles. The van der Waals surface area contributed by atoms with Crippen molar-refractivity contribution in [3.05, 3.63) is 60.3 Å². The largest absolute Gasteiger partial charge is 0.573 e. The molecule has 1 rings (SSSR count). The number of amidine groups is 1. The molecule has 0 saturated carbocycles. The van der Waals surface area contributed by atoms with Crippen molar-refractivity contribution in [2.24, 2.45) is 27.6 Å². The van der Waals surface area contributed by atoms with Gasteiger partial charge < -0.3 is 10.5 Å². The summed E-state index contributed by atoms with van der Waals surface area (Å²) < 4.78 is 40.6. The van der Waals surface area contributed by atoms with Gasteiger partial charge in [-0.3, -0.25) is 4.79 Å². The van der Waals surface area contributed by atoms with Crippen molar-refractivity contribution in [3.63, 3.8) is 0 Å². The zero-order valence-corrected chi connectivity index (χ0v) is 20.8. The van der Waals surface area contributed by atoms with Crippen molar-refractivity contribution in [1.82, 2.24) is 0 Å². The number of allylic oxidation sites excluding steroid dienone is 2. The van der Waals surface area contributed by atoms with Crippen LogP contribution in [-0.4, -0.2) is 24.7 Å². The van der Waals surface area contributed by atoms with Crippen LogP contribution in [0.15, 0.2) is 70.3 Å². The van der Waals surface area contributed by atoms with Gasteiger partial charge in [0.05, 0.1) is 11.3 Å². The summed E-state index contributed by atoms with van der Waals surface area (Å²) in [5, 5.41) is 0. The molecular weight excluding hydrogens is 455 g/mol. The van der Waals surface area contributed by atoms with Gasteiger partial charge in [0.15, 0.2) is 11.6 Å². The number of aliphatic imine (C=N–C) groups is 2. The minimum Gasteiger partial charge on any atom is -0.406 e. The molecule has 1 aromatic rings. The smallest absolute Gasteiger partial charge is 0.406 e. The fraction of sp³-hybridized carbons (Fsp3) is 0.370. The SMILES string of the molecule is C#CC(=C)/C(C(N=C)=Nc1ccc(OC(F)(F)F)cc1)=C(/N)C(CC)CC.C=CC(=O)C(C)CC. The van der Waals surface area contributed by atoms with Gasteiger partial charge in [-0.15, -0.1) is 19.6 Å². The molecule has 0 spiro atoms. The number of benzene rings is 1. The molecule has 1 atom stereocenters. The number of ketones is 1. The Kier molecular flexibility index (Phi) is 13.8. The van der Waals surface area contributed by atoms with E-state index >= 15 is 0 Å². The van der Waals surface area contributed by atoms with E-state index in [1.807, 2.05) is 27.7 Å². The zero-order chi connectivity index (χ0) is 27.2. The third kappa shape index (κ3) is 10.9. The second kappa shape index (κ2) is 15.3. The Balaban J connectivity index is 0.00000124. The summed E-state index contributed by atoms with van der Waals surface area (Å²) in [6.07, 6.45) is 4.59. The Morgan fingerprint density at radius 1 is 1.20 bits per heavy atom. The first kappa shape index (κ1) is 31.4. The van der Waals surface area contributed by atoms with E-state index in [-0.39, 0.29) is 29.2 Å². The summed E-state index contributed by atoms with van der Waals surface area (Å²) >= 11 is 0. The van der Waals surface area contributed by atoms with Gasteiger partial charge in [0.25, 0.3) is 0 Å². The van der Waals surface area contributed by atoms with Crippen LogP contribution in [0.3, 0.4) is 0 Å². The Hall–Kier alpha value is -3.60. The molecule has 0 radical (unpaired) electrons. The van der Waals surface area contributed by atoms with E-state index in [2.05, 4.69) is 40.5 Å². The lowest BCUT2D eigenvalue weighted by Gasteiger charge is -2.18. The minimum atomic E-state index is -4.76. The monoisotopic (exact) mass is 489 g/mol. The van der Waals surface area contributed by atoms with Gasteiger partial charge in [0.2, 0.25) is 0 Å². The van der Waals surface area contributed by atoms with E-state index in [1.54, 1.807) is 0 Å². The molecule has 0 aliphatic rings. The summed E-state index contributed by atoms with van der Waals surface area (Å²) in [6, 6.07) is 5.01. The second-order valence-electron chi connectivity index (χ2n) is 7.52. The number of hydrogen-bond donors (Lipinski definition) is 1.